The van der Waals surface area contributed by atoms with Gasteiger partial charge in [-0.05, 0) is 39.8 Å². The van der Waals surface area contributed by atoms with E-state index in [0.29, 0.717) is 12.8 Å². The molecule has 0 N–H and O–H groups in total. The van der Waals surface area contributed by atoms with Crippen molar-refractivity contribution in [3.8, 4) is 0 Å². The normalized spacial score (nSPS) is 13.7. The molecule has 6 heteroatoms. The summed E-state index contributed by atoms with van der Waals surface area (Å²) in [5.74, 6) is 1.85. The predicted octanol–water partition coefficient (Wildman–Crippen LogP) is 4.57. The highest BCUT2D eigenvalue weighted by atomic mass is 33.1. The largest absolute Gasteiger partial charge is 0.469 e. The maximum Gasteiger partial charge on any atom is 0.150 e. The second-order valence-electron chi connectivity index (χ2n) is 5.77. The molecule has 2 aromatic heterocycles. The smallest absolute Gasteiger partial charge is 0.150 e. The molecule has 4 nitrogen and oxygen atoms in total. The molecule has 0 bridgehead atoms. The third-order valence-electron chi connectivity index (χ3n) is 3.91. The van der Waals surface area contributed by atoms with E-state index in [0.717, 1.165) is 22.6 Å². The third kappa shape index (κ3) is 5.05. The number of aryl methyl sites for hydroxylation is 2. The number of ketones is 2. The Balaban J connectivity index is 1.79. The summed E-state index contributed by atoms with van der Waals surface area (Å²) in [4.78, 5) is 24.5. The van der Waals surface area contributed by atoms with Crippen molar-refractivity contribution >= 4 is 33.2 Å². The zero-order chi connectivity index (χ0) is 17.7. The highest BCUT2D eigenvalue weighted by Crippen LogP contribution is 2.33. The van der Waals surface area contributed by atoms with Crippen LogP contribution in [0.25, 0.3) is 0 Å². The van der Waals surface area contributed by atoms with Crippen LogP contribution >= 0.6 is 21.6 Å². The molecular weight excluding hydrogens is 344 g/mol. The van der Waals surface area contributed by atoms with Gasteiger partial charge in [0.15, 0.2) is 11.6 Å². The quantitative estimate of drug-likeness (QED) is 0.606. The second-order valence-corrected chi connectivity index (χ2v) is 8.72. The number of hydrogen-bond acceptors (Lipinski definition) is 6. The summed E-state index contributed by atoms with van der Waals surface area (Å²) in [5.41, 5.74) is 1.86. The topological polar surface area (TPSA) is 60.4 Å². The maximum absolute atomic E-state index is 12.3. The van der Waals surface area contributed by atoms with Crippen LogP contribution < -0.4 is 0 Å². The first-order valence-corrected chi connectivity index (χ1v) is 10.1. The molecule has 0 aliphatic carbocycles. The average molecular weight is 367 g/mol. The van der Waals surface area contributed by atoms with Crippen LogP contribution in [-0.2, 0) is 22.4 Å². The summed E-state index contributed by atoms with van der Waals surface area (Å²) in [6.45, 7) is 7.47. The zero-order valence-corrected chi connectivity index (χ0v) is 16.0. The molecule has 0 spiro atoms. The van der Waals surface area contributed by atoms with Crippen LogP contribution in [0.4, 0.5) is 0 Å². The van der Waals surface area contributed by atoms with E-state index in [4.69, 9.17) is 8.83 Å². The van der Waals surface area contributed by atoms with Crippen molar-refractivity contribution in [1.29, 1.82) is 0 Å². The molecule has 0 saturated heterocycles. The van der Waals surface area contributed by atoms with Gasteiger partial charge in [0.05, 0.1) is 23.0 Å². The van der Waals surface area contributed by atoms with Gasteiger partial charge in [0.1, 0.15) is 11.5 Å². The van der Waals surface area contributed by atoms with Crippen LogP contribution in [0.1, 0.15) is 36.5 Å². The van der Waals surface area contributed by atoms with Gasteiger partial charge in [-0.2, -0.15) is 0 Å². The molecule has 130 valence electrons. The van der Waals surface area contributed by atoms with Crippen molar-refractivity contribution < 1.29 is 18.4 Å². The average Bonchev–Trinajstić information content (AvgIpc) is 3.13. The van der Waals surface area contributed by atoms with E-state index < -0.39 is 0 Å². The van der Waals surface area contributed by atoms with Gasteiger partial charge < -0.3 is 8.83 Å². The molecule has 24 heavy (non-hydrogen) atoms. The molecule has 2 aromatic rings. The lowest BCUT2D eigenvalue weighted by atomic mass is 10.1. The summed E-state index contributed by atoms with van der Waals surface area (Å²) < 4.78 is 10.4. The van der Waals surface area contributed by atoms with Gasteiger partial charge in [-0.25, -0.2) is 0 Å². The van der Waals surface area contributed by atoms with E-state index in [1.165, 1.54) is 21.6 Å². The van der Waals surface area contributed by atoms with Gasteiger partial charge in [-0.3, -0.25) is 9.59 Å². The first kappa shape index (κ1) is 18.9. The minimum Gasteiger partial charge on any atom is -0.469 e. The Kier molecular flexibility index (Phi) is 6.80. The fourth-order valence-electron chi connectivity index (χ4n) is 2.13. The summed E-state index contributed by atoms with van der Waals surface area (Å²) >= 11 is 0. The number of carbonyl (C=O) groups excluding carboxylic acids is 2. The van der Waals surface area contributed by atoms with Gasteiger partial charge in [0.2, 0.25) is 0 Å². The van der Waals surface area contributed by atoms with Gasteiger partial charge >= 0.3 is 0 Å². The molecule has 0 aliphatic rings. The molecular formula is C18H22O4S2. The number of carbonyl (C=O) groups is 2. The highest BCUT2D eigenvalue weighted by molar-refractivity contribution is 8.77. The van der Waals surface area contributed by atoms with Crippen LogP contribution in [0.15, 0.2) is 33.5 Å². The lowest BCUT2D eigenvalue weighted by Crippen LogP contribution is -2.18. The van der Waals surface area contributed by atoms with Crippen LogP contribution in [-0.4, -0.2) is 22.1 Å². The van der Waals surface area contributed by atoms with Gasteiger partial charge in [0.25, 0.3) is 0 Å². The van der Waals surface area contributed by atoms with Crippen molar-refractivity contribution in [2.45, 2.75) is 51.0 Å². The lowest BCUT2D eigenvalue weighted by molar-refractivity contribution is -0.118. The molecule has 2 atom stereocenters. The Labute approximate surface area is 150 Å². The summed E-state index contributed by atoms with van der Waals surface area (Å²) in [6, 6.07) is 3.66. The van der Waals surface area contributed by atoms with E-state index in [1.54, 1.807) is 12.5 Å². The van der Waals surface area contributed by atoms with Crippen LogP contribution in [0, 0.1) is 13.8 Å². The molecule has 0 radical (unpaired) electrons. The predicted molar refractivity (Wildman–Crippen MR) is 98.4 cm³/mol. The van der Waals surface area contributed by atoms with Crippen molar-refractivity contribution in [3.05, 3.63) is 47.3 Å². The van der Waals surface area contributed by atoms with Gasteiger partial charge in [-0.15, -0.1) is 0 Å². The van der Waals surface area contributed by atoms with Crippen molar-refractivity contribution in [2.24, 2.45) is 0 Å². The van der Waals surface area contributed by atoms with Crippen LogP contribution in [0.2, 0.25) is 0 Å². The SMILES string of the molecule is Cc1occc1CC(=O)C(C)SSC(C)C(=O)Cc1ccoc1C. The van der Waals surface area contributed by atoms with E-state index in [-0.39, 0.29) is 22.1 Å². The van der Waals surface area contributed by atoms with Crippen molar-refractivity contribution in [1.82, 2.24) is 0 Å². The minimum atomic E-state index is -0.171. The minimum absolute atomic E-state index is 0.141. The first-order valence-electron chi connectivity index (χ1n) is 7.82. The second kappa shape index (κ2) is 8.62. The Morgan fingerprint density at radius 1 is 0.875 bits per heavy atom. The Morgan fingerprint density at radius 2 is 1.25 bits per heavy atom. The molecule has 0 amide bonds. The van der Waals surface area contributed by atoms with E-state index in [9.17, 15) is 9.59 Å². The molecule has 0 aromatic carbocycles. The molecule has 2 heterocycles. The van der Waals surface area contributed by atoms with Gasteiger partial charge in [-0.1, -0.05) is 21.6 Å². The molecule has 2 unspecified atom stereocenters. The highest BCUT2D eigenvalue weighted by Gasteiger charge is 2.21. The Morgan fingerprint density at radius 3 is 1.54 bits per heavy atom. The maximum atomic E-state index is 12.3. The number of hydrogen-bond donors (Lipinski definition) is 0. The lowest BCUT2D eigenvalue weighted by Gasteiger charge is -2.13. The Hall–Kier alpha value is -1.40. The van der Waals surface area contributed by atoms with Crippen LogP contribution in [0.5, 0.6) is 0 Å². The molecule has 2 rings (SSSR count). The van der Waals surface area contributed by atoms with Crippen LogP contribution in [0.3, 0.4) is 0 Å². The van der Waals surface area contributed by atoms with E-state index in [2.05, 4.69) is 0 Å². The van der Waals surface area contributed by atoms with Crippen molar-refractivity contribution in [3.63, 3.8) is 0 Å². The standard InChI is InChI=1S/C18H22O4S2/c1-11-15(5-7-21-11)9-17(19)13(3)23-24-14(4)18(20)10-16-6-8-22-12(16)2/h5-8,13-14H,9-10H2,1-4H3. The summed E-state index contributed by atoms with van der Waals surface area (Å²) in [6.07, 6.45) is 3.94. The zero-order valence-electron chi connectivity index (χ0n) is 14.3. The number of rotatable bonds is 9. The molecule has 0 aliphatic heterocycles. The number of furan rings is 2. The van der Waals surface area contributed by atoms with Gasteiger partial charge in [0, 0.05) is 24.0 Å². The van der Waals surface area contributed by atoms with Crippen molar-refractivity contribution in [2.75, 3.05) is 0 Å². The molecule has 0 fully saturated rings. The van der Waals surface area contributed by atoms with E-state index in [1.807, 2.05) is 39.8 Å². The first-order chi connectivity index (χ1) is 11.4. The fourth-order valence-corrected chi connectivity index (χ4v) is 4.48. The molecule has 0 saturated carbocycles. The van der Waals surface area contributed by atoms with E-state index >= 15 is 0 Å². The number of Topliss-reactive ketones (excluding diaryl/α,β-unsaturated/α-hetero) is 2. The Bertz CT molecular complexity index is 641. The fraction of sp³-hybridized carbons (Fsp3) is 0.444. The summed E-state index contributed by atoms with van der Waals surface area (Å²) in [7, 11) is 2.92. The monoisotopic (exact) mass is 366 g/mol. The summed E-state index contributed by atoms with van der Waals surface area (Å²) in [5, 5.41) is -0.342. The third-order valence-corrected chi connectivity index (χ3v) is 7.19.